The van der Waals surface area contributed by atoms with Gasteiger partial charge in [-0.05, 0) is 179 Å². The summed E-state index contributed by atoms with van der Waals surface area (Å²) in [6.45, 7) is 3.06. The summed E-state index contributed by atoms with van der Waals surface area (Å²) in [6.07, 6.45) is 0. The number of Topliss-reactive ketones (excluding diaryl/α,β-unsaturated/α-hetero) is 1. The molecule has 0 saturated heterocycles. The lowest BCUT2D eigenvalue weighted by Gasteiger charge is -2.43. The van der Waals surface area contributed by atoms with Crippen LogP contribution in [0.15, 0.2) is 63.2 Å². The third-order valence-electron chi connectivity index (χ3n) is 5.24. The van der Waals surface area contributed by atoms with Gasteiger partial charge in [-0.25, -0.2) is 0 Å². The quantitative estimate of drug-likeness (QED) is 0.153. The van der Waals surface area contributed by atoms with Gasteiger partial charge in [-0.15, -0.1) is 0 Å². The normalized spacial score (nSPS) is 17.5. The maximum absolute atomic E-state index is 9.44. The predicted molar refractivity (Wildman–Crippen MR) is 144 cm³/mol. The lowest BCUT2D eigenvalue weighted by atomic mass is 9.61. The Kier molecular flexibility index (Phi) is 6.91. The van der Waals surface area contributed by atoms with Crippen LogP contribution < -0.4 is 0 Å². The van der Waals surface area contributed by atoms with Crippen LogP contribution in [0.3, 0.4) is 0 Å². The van der Waals surface area contributed by atoms with Gasteiger partial charge in [-0.1, -0.05) is 0 Å². The van der Waals surface area contributed by atoms with Crippen LogP contribution in [0.4, 0.5) is 0 Å². The maximum atomic E-state index is 9.44. The first-order valence-corrected chi connectivity index (χ1v) is 13.8. The molecular weight excluding hydrogens is 772 g/mol. The zero-order chi connectivity index (χ0) is 21.9. The summed E-state index contributed by atoms with van der Waals surface area (Å²) in [5.74, 6) is 0.636. The molecule has 0 amide bonds. The van der Waals surface area contributed by atoms with Crippen LogP contribution in [-0.2, 0) is 4.79 Å². The number of rotatable bonds is 0. The molecule has 7 heteroatoms. The lowest BCUT2D eigenvalue weighted by Crippen LogP contribution is -2.28. The average molecular weight is 786 g/mol. The first kappa shape index (κ1) is 23.4. The number of carbonyl (C=O) groups excluding carboxylic acids is 1. The predicted octanol–water partition coefficient (Wildman–Crippen LogP) is 9.84. The van der Waals surface area contributed by atoms with Gasteiger partial charge in [0.25, 0.3) is 0 Å². The molecule has 3 aromatic rings. The van der Waals surface area contributed by atoms with E-state index in [2.05, 4.69) is 132 Å². The van der Waals surface area contributed by atoms with E-state index in [1.807, 2.05) is 0 Å². The molecule has 0 saturated carbocycles. The van der Waals surface area contributed by atoms with Gasteiger partial charge in [0.1, 0.15) is 5.78 Å². The van der Waals surface area contributed by atoms with E-state index in [4.69, 9.17) is 0 Å². The fourth-order valence-corrected chi connectivity index (χ4v) is 6.40. The van der Waals surface area contributed by atoms with Gasteiger partial charge in [-0.3, -0.25) is 0 Å². The molecular formula is C23H14Br6O. The molecule has 0 radical (unpaired) electrons. The van der Waals surface area contributed by atoms with Gasteiger partial charge >= 0.3 is 0 Å². The van der Waals surface area contributed by atoms with Gasteiger partial charge < -0.3 is 4.79 Å². The molecule has 0 unspecified atom stereocenters. The summed E-state index contributed by atoms with van der Waals surface area (Å²) >= 11 is 22.2. The Morgan fingerprint density at radius 3 is 0.767 bits per heavy atom. The molecule has 0 aliphatic heterocycles. The van der Waals surface area contributed by atoms with Crippen molar-refractivity contribution in [2.45, 2.75) is 25.7 Å². The second kappa shape index (κ2) is 8.86. The van der Waals surface area contributed by atoms with Crippen LogP contribution in [0.1, 0.15) is 59.1 Å². The van der Waals surface area contributed by atoms with E-state index in [0.717, 1.165) is 26.8 Å². The number of hydrogen-bond donors (Lipinski definition) is 0. The number of halogens is 6. The average Bonchev–Trinajstić information content (AvgIpc) is 2.64. The van der Waals surface area contributed by atoms with Gasteiger partial charge in [-0.2, -0.15) is 0 Å². The minimum absolute atomic E-state index is 0.167. The van der Waals surface area contributed by atoms with E-state index in [0.29, 0.717) is 0 Å². The molecule has 3 aromatic carbocycles. The fourth-order valence-electron chi connectivity index (χ4n) is 4.24. The number of ketones is 1. The first-order valence-electron chi connectivity index (χ1n) is 9.03. The molecule has 30 heavy (non-hydrogen) atoms. The second-order valence-corrected chi connectivity index (χ2v) is 12.6. The third kappa shape index (κ3) is 4.01. The zero-order valence-corrected chi connectivity index (χ0v) is 25.3. The highest BCUT2D eigenvalue weighted by Crippen LogP contribution is 2.58. The van der Waals surface area contributed by atoms with Crippen molar-refractivity contribution >= 4 is 101 Å². The van der Waals surface area contributed by atoms with Crippen LogP contribution in [-0.4, -0.2) is 5.78 Å². The smallest absolute Gasteiger partial charge is 0.126 e. The Balaban J connectivity index is 0.000000503. The Bertz CT molecular complexity index is 985. The fraction of sp³-hybridized carbons (Fsp3) is 0.174. The summed E-state index contributed by atoms with van der Waals surface area (Å²) in [5, 5.41) is 0. The second-order valence-electron chi connectivity index (χ2n) is 7.46. The molecule has 1 nitrogen and oxygen atoms in total. The van der Waals surface area contributed by atoms with Gasteiger partial charge in [0, 0.05) is 38.7 Å². The molecule has 0 fully saturated rings. The number of benzene rings is 3. The van der Waals surface area contributed by atoms with E-state index in [1.54, 1.807) is 0 Å². The lowest BCUT2D eigenvalue weighted by molar-refractivity contribution is -0.114. The van der Waals surface area contributed by atoms with E-state index in [-0.39, 0.29) is 17.6 Å². The Morgan fingerprint density at radius 2 is 0.633 bits per heavy atom. The third-order valence-corrected chi connectivity index (χ3v) is 10.8. The molecule has 2 bridgehead atoms. The molecule has 3 aliphatic carbocycles. The molecule has 0 N–H and O–H groups in total. The summed E-state index contributed by atoms with van der Waals surface area (Å²) in [6, 6.07) is 13.6. The molecule has 3 aliphatic rings. The molecule has 0 atom stereocenters. The van der Waals surface area contributed by atoms with Crippen molar-refractivity contribution in [1.29, 1.82) is 0 Å². The van der Waals surface area contributed by atoms with Crippen molar-refractivity contribution in [2.24, 2.45) is 0 Å². The van der Waals surface area contributed by atoms with E-state index in [9.17, 15) is 4.79 Å². The van der Waals surface area contributed by atoms with Gasteiger partial charge in [0.15, 0.2) is 0 Å². The highest BCUT2D eigenvalue weighted by atomic mass is 79.9. The first-order chi connectivity index (χ1) is 14.1. The topological polar surface area (TPSA) is 17.1 Å². The molecule has 6 rings (SSSR count). The van der Waals surface area contributed by atoms with Crippen molar-refractivity contribution in [3.63, 3.8) is 0 Å². The Labute approximate surface area is 226 Å². The van der Waals surface area contributed by atoms with Crippen molar-refractivity contribution < 1.29 is 4.79 Å². The van der Waals surface area contributed by atoms with Crippen LogP contribution in [0.5, 0.6) is 0 Å². The van der Waals surface area contributed by atoms with E-state index < -0.39 is 0 Å². The van der Waals surface area contributed by atoms with Crippen LogP contribution in [0.25, 0.3) is 0 Å². The SMILES string of the molecule is Brc1cc2c(cc1Br)C1c3cc(Br)c(Br)cc3C2c2cc(Br)c(Br)cc21.CC(C)=O. The van der Waals surface area contributed by atoms with E-state index in [1.165, 1.54) is 47.2 Å². The highest BCUT2D eigenvalue weighted by Gasteiger charge is 2.42. The molecule has 0 heterocycles. The summed E-state index contributed by atoms with van der Waals surface area (Å²) in [4.78, 5) is 9.44. The molecule has 0 spiro atoms. The van der Waals surface area contributed by atoms with Crippen LogP contribution in [0.2, 0.25) is 0 Å². The summed E-state index contributed by atoms with van der Waals surface area (Å²) in [7, 11) is 0. The highest BCUT2D eigenvalue weighted by molar-refractivity contribution is 9.13. The summed E-state index contributed by atoms with van der Waals surface area (Å²) < 4.78 is 6.58. The monoisotopic (exact) mass is 780 g/mol. The van der Waals surface area contributed by atoms with Crippen LogP contribution in [0, 0.1) is 0 Å². The van der Waals surface area contributed by atoms with Crippen molar-refractivity contribution in [3.05, 3.63) is 96.6 Å². The number of carbonyl (C=O) groups is 1. The van der Waals surface area contributed by atoms with Gasteiger partial charge in [0.2, 0.25) is 0 Å². The zero-order valence-electron chi connectivity index (χ0n) is 15.8. The van der Waals surface area contributed by atoms with E-state index >= 15 is 0 Å². The van der Waals surface area contributed by atoms with Crippen molar-refractivity contribution in [3.8, 4) is 0 Å². The van der Waals surface area contributed by atoms with Crippen LogP contribution >= 0.6 is 95.6 Å². The largest absolute Gasteiger partial charge is 0.300 e. The minimum atomic E-state index is 0.167. The summed E-state index contributed by atoms with van der Waals surface area (Å²) in [5.41, 5.74) is 8.30. The molecule has 154 valence electrons. The Hall–Kier alpha value is 0.210. The van der Waals surface area contributed by atoms with Gasteiger partial charge in [0.05, 0.1) is 0 Å². The minimum Gasteiger partial charge on any atom is -0.300 e. The standard InChI is InChI=1S/C20H8Br6.C3H6O/c21-13-1-7-8(2-14(13)22)20-11-5-17(25)15(23)3-9(11)19(7)10-4-16(24)18(26)6-12(10)20;1-3(2)4/h1-6,19-20H;1-2H3. The Morgan fingerprint density at radius 1 is 0.500 bits per heavy atom. The van der Waals surface area contributed by atoms with Crippen molar-refractivity contribution in [2.75, 3.05) is 0 Å². The maximum Gasteiger partial charge on any atom is 0.126 e. The molecule has 0 aromatic heterocycles. The number of hydrogen-bond acceptors (Lipinski definition) is 1. The van der Waals surface area contributed by atoms with Crippen molar-refractivity contribution in [1.82, 2.24) is 0 Å².